The molecule has 1 aliphatic heterocycles. The Morgan fingerprint density at radius 1 is 0.903 bits per heavy atom. The first-order valence-electron chi connectivity index (χ1n) is 9.97. The minimum Gasteiger partial charge on any atom is -0.493 e. The molecule has 0 amide bonds. The lowest BCUT2D eigenvalue weighted by Crippen LogP contribution is -2.00. The average Bonchev–Trinajstić information content (AvgIpc) is 3.08. The molecule has 4 rings (SSSR count). The van der Waals surface area contributed by atoms with Gasteiger partial charge >= 0.3 is 0 Å². The second-order valence-corrected chi connectivity index (χ2v) is 7.44. The Bertz CT molecular complexity index is 1160. The smallest absolute Gasteiger partial charge is 0.232 e. The third-order valence-corrected chi connectivity index (χ3v) is 5.18. The fourth-order valence-electron chi connectivity index (χ4n) is 3.51. The molecule has 0 saturated carbocycles. The number of fused-ring (bicyclic) bond motifs is 1. The fraction of sp³-hybridized carbons (Fsp3) is 0.192. The molecule has 0 aromatic heterocycles. The van der Waals surface area contributed by atoms with Crippen LogP contribution in [0.4, 0.5) is 0 Å². The summed E-state index contributed by atoms with van der Waals surface area (Å²) >= 11 is 0. The van der Waals surface area contributed by atoms with Gasteiger partial charge in [0.1, 0.15) is 18.1 Å². The second kappa shape index (κ2) is 8.56. The molecule has 1 heterocycles. The fourth-order valence-corrected chi connectivity index (χ4v) is 3.51. The molecular formula is C26H24O5. The molecular weight excluding hydrogens is 392 g/mol. The molecule has 0 radical (unpaired) electrons. The summed E-state index contributed by atoms with van der Waals surface area (Å²) in [6.07, 6.45) is 1.70. The van der Waals surface area contributed by atoms with Crippen LogP contribution in [-0.2, 0) is 6.61 Å². The van der Waals surface area contributed by atoms with Crippen LogP contribution < -0.4 is 18.9 Å². The predicted octanol–water partition coefficient (Wildman–Crippen LogP) is 5.52. The van der Waals surface area contributed by atoms with Crippen molar-refractivity contribution >= 4 is 11.9 Å². The summed E-state index contributed by atoms with van der Waals surface area (Å²) in [6, 6.07) is 17.3. The zero-order chi connectivity index (χ0) is 22.0. The zero-order valence-corrected chi connectivity index (χ0v) is 18.0. The topological polar surface area (TPSA) is 54.0 Å². The number of hydrogen-bond donors (Lipinski definition) is 0. The molecule has 1 aliphatic rings. The number of benzene rings is 3. The predicted molar refractivity (Wildman–Crippen MR) is 119 cm³/mol. The van der Waals surface area contributed by atoms with Crippen molar-refractivity contribution in [3.05, 3.63) is 88.2 Å². The normalized spacial score (nSPS) is 13.7. The summed E-state index contributed by atoms with van der Waals surface area (Å²) in [5.41, 5.74) is 4.45. The molecule has 3 aromatic carbocycles. The highest BCUT2D eigenvalue weighted by molar-refractivity contribution is 6.15. The Balaban J connectivity index is 1.56. The van der Waals surface area contributed by atoms with Crippen molar-refractivity contribution in [1.82, 2.24) is 0 Å². The Morgan fingerprint density at radius 3 is 2.35 bits per heavy atom. The maximum Gasteiger partial charge on any atom is 0.232 e. The second-order valence-electron chi connectivity index (χ2n) is 7.44. The van der Waals surface area contributed by atoms with E-state index in [1.807, 2.05) is 31.2 Å². The van der Waals surface area contributed by atoms with Gasteiger partial charge in [0.05, 0.1) is 19.8 Å². The summed E-state index contributed by atoms with van der Waals surface area (Å²) in [5.74, 6) is 2.50. The van der Waals surface area contributed by atoms with Crippen LogP contribution in [0.2, 0.25) is 0 Å². The van der Waals surface area contributed by atoms with E-state index >= 15 is 0 Å². The Hall–Kier alpha value is -3.73. The van der Waals surface area contributed by atoms with Gasteiger partial charge in [0.25, 0.3) is 0 Å². The molecule has 0 aliphatic carbocycles. The van der Waals surface area contributed by atoms with Gasteiger partial charge in [0.2, 0.25) is 5.78 Å². The number of allylic oxidation sites excluding steroid dienone is 1. The van der Waals surface area contributed by atoms with Gasteiger partial charge in [-0.15, -0.1) is 0 Å². The first kappa shape index (κ1) is 20.5. The molecule has 31 heavy (non-hydrogen) atoms. The van der Waals surface area contributed by atoms with Crippen LogP contribution in [0, 0.1) is 13.8 Å². The van der Waals surface area contributed by atoms with E-state index in [2.05, 4.69) is 19.1 Å². The van der Waals surface area contributed by atoms with Crippen LogP contribution in [-0.4, -0.2) is 20.0 Å². The number of carbonyl (C=O) groups is 1. The molecule has 0 spiro atoms. The van der Waals surface area contributed by atoms with Gasteiger partial charge in [0.15, 0.2) is 17.3 Å². The van der Waals surface area contributed by atoms with Gasteiger partial charge in [-0.3, -0.25) is 4.79 Å². The van der Waals surface area contributed by atoms with E-state index in [0.717, 1.165) is 16.7 Å². The molecule has 0 saturated heterocycles. The lowest BCUT2D eigenvalue weighted by atomic mass is 10.0. The van der Waals surface area contributed by atoms with E-state index < -0.39 is 0 Å². The summed E-state index contributed by atoms with van der Waals surface area (Å²) in [7, 11) is 3.15. The first-order valence-corrected chi connectivity index (χ1v) is 9.97. The van der Waals surface area contributed by atoms with Gasteiger partial charge in [-0.2, -0.15) is 0 Å². The van der Waals surface area contributed by atoms with Crippen LogP contribution >= 0.6 is 0 Å². The standard InChI is InChI=1S/C26H24O5/c1-16-5-7-18(8-6-16)15-30-20-11-17(2)25-23(14-20)31-24(26(25)27)13-19-9-10-21(28-3)22(12-19)29-4/h5-14H,15H2,1-4H3/b24-13-. The number of carbonyl (C=O) groups excluding carboxylic acids is 1. The third-order valence-electron chi connectivity index (χ3n) is 5.18. The maximum absolute atomic E-state index is 12.9. The van der Waals surface area contributed by atoms with Crippen molar-refractivity contribution in [2.24, 2.45) is 0 Å². The van der Waals surface area contributed by atoms with Crippen molar-refractivity contribution in [2.45, 2.75) is 20.5 Å². The van der Waals surface area contributed by atoms with Crippen LogP contribution in [0.3, 0.4) is 0 Å². The van der Waals surface area contributed by atoms with Gasteiger partial charge in [-0.25, -0.2) is 0 Å². The molecule has 158 valence electrons. The van der Waals surface area contributed by atoms with Gasteiger partial charge in [0, 0.05) is 6.07 Å². The van der Waals surface area contributed by atoms with Gasteiger partial charge < -0.3 is 18.9 Å². The molecule has 3 aromatic rings. The van der Waals surface area contributed by atoms with E-state index in [4.69, 9.17) is 18.9 Å². The summed E-state index contributed by atoms with van der Waals surface area (Å²) < 4.78 is 22.4. The average molecular weight is 416 g/mol. The number of hydrogen-bond acceptors (Lipinski definition) is 5. The molecule has 5 heteroatoms. The summed E-state index contributed by atoms with van der Waals surface area (Å²) in [4.78, 5) is 12.9. The van der Waals surface area contributed by atoms with Gasteiger partial charge in [-0.1, -0.05) is 35.9 Å². The van der Waals surface area contributed by atoms with E-state index in [1.165, 1.54) is 5.56 Å². The van der Waals surface area contributed by atoms with Crippen molar-refractivity contribution < 1.29 is 23.7 Å². The van der Waals surface area contributed by atoms with Crippen LogP contribution in [0.1, 0.15) is 32.6 Å². The molecule has 0 atom stereocenters. The molecule has 0 N–H and O–H groups in total. The van der Waals surface area contributed by atoms with E-state index in [9.17, 15) is 4.79 Å². The number of rotatable bonds is 6. The zero-order valence-electron chi connectivity index (χ0n) is 18.0. The largest absolute Gasteiger partial charge is 0.493 e. The van der Waals surface area contributed by atoms with E-state index in [0.29, 0.717) is 35.2 Å². The van der Waals surface area contributed by atoms with Crippen LogP contribution in [0.25, 0.3) is 6.08 Å². The Labute approximate surface area is 181 Å². The van der Waals surface area contributed by atoms with E-state index in [1.54, 1.807) is 38.5 Å². The van der Waals surface area contributed by atoms with Crippen molar-refractivity contribution in [2.75, 3.05) is 14.2 Å². The highest BCUT2D eigenvalue weighted by Crippen LogP contribution is 2.38. The number of Topliss-reactive ketones (excluding diaryl/α,β-unsaturated/α-hetero) is 1. The highest BCUT2D eigenvalue weighted by atomic mass is 16.5. The molecule has 5 nitrogen and oxygen atoms in total. The lowest BCUT2D eigenvalue weighted by molar-refractivity contribution is 0.101. The molecule has 0 unspecified atom stereocenters. The number of ketones is 1. The summed E-state index contributed by atoms with van der Waals surface area (Å²) in [6.45, 7) is 4.38. The monoisotopic (exact) mass is 416 g/mol. The highest BCUT2D eigenvalue weighted by Gasteiger charge is 2.30. The quantitative estimate of drug-likeness (QED) is 0.496. The number of aryl methyl sites for hydroxylation is 2. The van der Waals surface area contributed by atoms with Crippen LogP contribution in [0.15, 0.2) is 60.4 Å². The van der Waals surface area contributed by atoms with Crippen LogP contribution in [0.5, 0.6) is 23.0 Å². The SMILES string of the molecule is COc1ccc(/C=C2\Oc3cc(OCc4ccc(C)cc4)cc(C)c3C2=O)cc1OC. The maximum atomic E-state index is 12.9. The van der Waals surface area contributed by atoms with Gasteiger partial charge in [-0.05, 0) is 54.8 Å². The van der Waals surface area contributed by atoms with E-state index in [-0.39, 0.29) is 11.5 Å². The lowest BCUT2D eigenvalue weighted by Gasteiger charge is -2.09. The molecule has 0 fully saturated rings. The summed E-state index contributed by atoms with van der Waals surface area (Å²) in [5, 5.41) is 0. The van der Waals surface area contributed by atoms with Crippen molar-refractivity contribution in [1.29, 1.82) is 0 Å². The Kier molecular flexibility index (Phi) is 5.67. The Morgan fingerprint density at radius 2 is 1.65 bits per heavy atom. The number of methoxy groups -OCH3 is 2. The minimum absolute atomic E-state index is 0.146. The van der Waals surface area contributed by atoms with Crippen molar-refractivity contribution in [3.63, 3.8) is 0 Å². The third kappa shape index (κ3) is 4.26. The number of ether oxygens (including phenoxy) is 4. The first-order chi connectivity index (χ1) is 15.0. The molecule has 0 bridgehead atoms. The van der Waals surface area contributed by atoms with Crippen molar-refractivity contribution in [3.8, 4) is 23.0 Å². The minimum atomic E-state index is -0.146.